The Morgan fingerprint density at radius 1 is 1.16 bits per heavy atom. The normalized spacial score (nSPS) is 23.2. The number of ether oxygens (including phenoxy) is 1. The average Bonchev–Trinajstić information content (AvgIpc) is 3.31. The molecule has 2 aliphatic heterocycles. The fourth-order valence-electron chi connectivity index (χ4n) is 4.21. The van der Waals surface area contributed by atoms with Crippen LogP contribution >= 0.6 is 0 Å². The molecule has 1 amide bonds. The van der Waals surface area contributed by atoms with Crippen molar-refractivity contribution >= 4 is 23.9 Å². The van der Waals surface area contributed by atoms with Crippen LogP contribution in [-0.4, -0.2) is 57.6 Å². The van der Waals surface area contributed by atoms with Gasteiger partial charge < -0.3 is 25.1 Å². The number of hydrogen-bond donors (Lipinski definition) is 3. The van der Waals surface area contributed by atoms with Gasteiger partial charge in [0.1, 0.15) is 12.1 Å². The molecule has 166 valence electrons. The van der Waals surface area contributed by atoms with E-state index in [1.807, 2.05) is 30.3 Å². The first-order valence-corrected chi connectivity index (χ1v) is 9.91. The van der Waals surface area contributed by atoms with Crippen molar-refractivity contribution in [3.8, 4) is 0 Å². The molecule has 0 aromatic heterocycles. The van der Waals surface area contributed by atoms with E-state index in [2.05, 4.69) is 10.5 Å². The molecule has 0 spiro atoms. The fraction of sp³-hybridized carbons (Fsp3) is 0.429. The SMILES string of the molecule is CNC(=NOC(C(=O)O)=C(C)C(=O)O)C12CCC(CC1)N2C(=O)OCc1ccccc1. The molecular weight excluding hydrogens is 406 g/mol. The van der Waals surface area contributed by atoms with Gasteiger partial charge in [-0.15, -0.1) is 0 Å². The maximum atomic E-state index is 12.9. The summed E-state index contributed by atoms with van der Waals surface area (Å²) in [7, 11) is 1.59. The predicted molar refractivity (Wildman–Crippen MR) is 109 cm³/mol. The molecule has 2 bridgehead atoms. The number of amidine groups is 1. The van der Waals surface area contributed by atoms with E-state index in [1.165, 1.54) is 0 Å². The highest BCUT2D eigenvalue weighted by atomic mass is 16.6. The van der Waals surface area contributed by atoms with Gasteiger partial charge in [-0.1, -0.05) is 35.5 Å². The van der Waals surface area contributed by atoms with Gasteiger partial charge in [-0.05, 0) is 38.2 Å². The monoisotopic (exact) mass is 431 g/mol. The highest BCUT2D eigenvalue weighted by Gasteiger charge is 2.58. The van der Waals surface area contributed by atoms with Crippen LogP contribution in [0.25, 0.3) is 0 Å². The van der Waals surface area contributed by atoms with Gasteiger partial charge in [-0.2, -0.15) is 0 Å². The maximum absolute atomic E-state index is 12.9. The molecule has 0 unspecified atom stereocenters. The summed E-state index contributed by atoms with van der Waals surface area (Å²) < 4.78 is 5.53. The molecule has 2 heterocycles. The number of fused-ring (bicyclic) bond motifs is 2. The number of amides is 1. The first-order chi connectivity index (χ1) is 14.8. The number of rotatable bonds is 7. The lowest BCUT2D eigenvalue weighted by atomic mass is 9.86. The smallest absolute Gasteiger partial charge is 0.411 e. The van der Waals surface area contributed by atoms with Crippen LogP contribution in [0, 0.1) is 0 Å². The zero-order valence-electron chi connectivity index (χ0n) is 17.3. The minimum absolute atomic E-state index is 0.0166. The zero-order valence-corrected chi connectivity index (χ0v) is 17.3. The number of hydrogen-bond acceptors (Lipinski definition) is 6. The Balaban J connectivity index is 1.83. The van der Waals surface area contributed by atoms with Crippen molar-refractivity contribution in [2.24, 2.45) is 5.16 Å². The van der Waals surface area contributed by atoms with Crippen LogP contribution in [0.1, 0.15) is 38.2 Å². The number of oxime groups is 1. The standard InChI is InChI=1S/C21H25N3O7/c1-13(17(25)26)16(18(27)28)31-23-19(22-2)21-10-8-15(9-11-21)24(21)20(29)30-12-14-6-4-3-5-7-14/h3-7,15H,8-12H2,1-2H3,(H,22,23)(H,25,26)(H,27,28). The second-order valence-corrected chi connectivity index (χ2v) is 7.52. The van der Waals surface area contributed by atoms with Gasteiger partial charge in [0.05, 0.1) is 5.57 Å². The quantitative estimate of drug-likeness (QED) is 0.197. The predicted octanol–water partition coefficient (Wildman–Crippen LogP) is 2.31. The van der Waals surface area contributed by atoms with Gasteiger partial charge >= 0.3 is 18.0 Å². The highest BCUT2D eigenvalue weighted by molar-refractivity contribution is 5.98. The lowest BCUT2D eigenvalue weighted by molar-refractivity contribution is -0.139. The van der Waals surface area contributed by atoms with Gasteiger partial charge in [-0.3, -0.25) is 4.90 Å². The Bertz CT molecular complexity index is 918. The second kappa shape index (κ2) is 9.07. The molecule has 1 aromatic rings. The number of carboxylic acid groups (broad SMARTS) is 2. The number of carbonyl (C=O) groups excluding carboxylic acids is 1. The third-order valence-electron chi connectivity index (χ3n) is 5.77. The molecule has 0 aliphatic carbocycles. The van der Waals surface area contributed by atoms with E-state index in [-0.39, 0.29) is 18.5 Å². The van der Waals surface area contributed by atoms with Crippen LogP contribution in [-0.2, 0) is 25.8 Å². The minimum atomic E-state index is -1.55. The van der Waals surface area contributed by atoms with Crippen LogP contribution in [0.3, 0.4) is 0 Å². The van der Waals surface area contributed by atoms with Gasteiger partial charge in [-0.25, -0.2) is 14.4 Å². The molecule has 2 fully saturated rings. The van der Waals surface area contributed by atoms with Crippen molar-refractivity contribution in [3.63, 3.8) is 0 Å². The summed E-state index contributed by atoms with van der Waals surface area (Å²) in [6, 6.07) is 9.31. The maximum Gasteiger partial charge on any atom is 0.411 e. The van der Waals surface area contributed by atoms with E-state index in [0.717, 1.165) is 25.3 Å². The minimum Gasteiger partial charge on any atom is -0.478 e. The van der Waals surface area contributed by atoms with Crippen LogP contribution in [0.2, 0.25) is 0 Å². The third kappa shape index (κ3) is 4.32. The van der Waals surface area contributed by atoms with Crippen molar-refractivity contribution in [2.75, 3.05) is 7.05 Å². The summed E-state index contributed by atoms with van der Waals surface area (Å²) in [5.41, 5.74) is -0.449. The lowest BCUT2D eigenvalue weighted by Crippen LogP contribution is -2.55. The van der Waals surface area contributed by atoms with Gasteiger partial charge in [0.2, 0.25) is 0 Å². The molecule has 10 heteroatoms. The fourth-order valence-corrected chi connectivity index (χ4v) is 4.21. The van der Waals surface area contributed by atoms with E-state index in [9.17, 15) is 19.5 Å². The van der Waals surface area contributed by atoms with Crippen molar-refractivity contribution in [3.05, 3.63) is 47.2 Å². The van der Waals surface area contributed by atoms with Crippen molar-refractivity contribution in [1.29, 1.82) is 0 Å². The van der Waals surface area contributed by atoms with Crippen LogP contribution in [0.5, 0.6) is 0 Å². The number of carboxylic acids is 2. The molecule has 10 nitrogen and oxygen atoms in total. The molecule has 0 atom stereocenters. The Kier molecular flexibility index (Phi) is 6.47. The number of likely N-dealkylation sites (N-methyl/N-ethyl adjacent to an activating group) is 1. The topological polar surface area (TPSA) is 138 Å². The highest BCUT2D eigenvalue weighted by Crippen LogP contribution is 2.47. The molecule has 2 aliphatic rings. The molecule has 31 heavy (non-hydrogen) atoms. The van der Waals surface area contributed by atoms with Crippen molar-refractivity contribution < 1.29 is 34.2 Å². The van der Waals surface area contributed by atoms with Crippen LogP contribution < -0.4 is 5.32 Å². The molecule has 1 aromatic carbocycles. The first kappa shape index (κ1) is 22.1. The Labute approximate surface area is 179 Å². The van der Waals surface area contributed by atoms with Crippen LogP contribution in [0.4, 0.5) is 4.79 Å². The summed E-state index contributed by atoms with van der Waals surface area (Å²) in [6.45, 7) is 1.25. The average molecular weight is 431 g/mol. The number of aliphatic carboxylic acids is 2. The molecule has 3 N–H and O–H groups in total. The molecule has 0 radical (unpaired) electrons. The number of carbonyl (C=O) groups is 3. The van der Waals surface area contributed by atoms with E-state index < -0.39 is 34.9 Å². The van der Waals surface area contributed by atoms with Gasteiger partial charge in [0.25, 0.3) is 5.76 Å². The second-order valence-electron chi connectivity index (χ2n) is 7.52. The van der Waals surface area contributed by atoms with E-state index >= 15 is 0 Å². The van der Waals surface area contributed by atoms with Crippen molar-refractivity contribution in [1.82, 2.24) is 10.2 Å². The molecule has 0 saturated carbocycles. The lowest BCUT2D eigenvalue weighted by Gasteiger charge is -2.34. The first-order valence-electron chi connectivity index (χ1n) is 9.91. The summed E-state index contributed by atoms with van der Waals surface area (Å²) in [6.07, 6.45) is 2.21. The third-order valence-corrected chi connectivity index (χ3v) is 5.77. The van der Waals surface area contributed by atoms with E-state index in [4.69, 9.17) is 14.7 Å². The van der Waals surface area contributed by atoms with Gasteiger partial charge in [0.15, 0.2) is 5.84 Å². The largest absolute Gasteiger partial charge is 0.478 e. The summed E-state index contributed by atoms with van der Waals surface area (Å²) in [5.74, 6) is -3.51. The number of nitrogens with one attached hydrogen (secondary N) is 1. The number of nitrogens with zero attached hydrogens (tertiary/aromatic N) is 2. The zero-order chi connectivity index (χ0) is 22.6. The molecule has 2 saturated heterocycles. The Morgan fingerprint density at radius 3 is 2.35 bits per heavy atom. The number of benzene rings is 1. The summed E-state index contributed by atoms with van der Waals surface area (Å²) in [5, 5.41) is 25.2. The van der Waals surface area contributed by atoms with Gasteiger partial charge in [0, 0.05) is 13.1 Å². The van der Waals surface area contributed by atoms with E-state index in [1.54, 1.807) is 11.9 Å². The summed E-state index contributed by atoms with van der Waals surface area (Å²) in [4.78, 5) is 42.2. The van der Waals surface area contributed by atoms with Crippen molar-refractivity contribution in [2.45, 2.75) is 50.8 Å². The van der Waals surface area contributed by atoms with Crippen LogP contribution in [0.15, 0.2) is 46.8 Å². The summed E-state index contributed by atoms with van der Waals surface area (Å²) >= 11 is 0. The Morgan fingerprint density at radius 2 is 1.81 bits per heavy atom. The Hall–Kier alpha value is -3.56. The van der Waals surface area contributed by atoms with E-state index in [0.29, 0.717) is 12.8 Å². The molecular formula is C21H25N3O7. The molecule has 3 rings (SSSR count).